The van der Waals surface area contributed by atoms with Gasteiger partial charge in [-0.3, -0.25) is 62.3 Å². The molecule has 2 saturated heterocycles. The van der Waals surface area contributed by atoms with Crippen LogP contribution in [0, 0.1) is 47.3 Å². The van der Waals surface area contributed by atoms with E-state index < -0.39 is 181 Å². The molecule has 0 amide bonds. The van der Waals surface area contributed by atoms with Gasteiger partial charge >= 0.3 is 101 Å². The zero-order valence-electron chi connectivity index (χ0n) is 81.2. The molecule has 0 aliphatic carbocycles. The zero-order valence-corrected chi connectivity index (χ0v) is 81.2. The van der Waals surface area contributed by atoms with Gasteiger partial charge < -0.3 is 105 Å². The van der Waals surface area contributed by atoms with E-state index in [9.17, 15) is 86.6 Å². The number of carboxylic acid groups (broad SMARTS) is 1. The minimum absolute atomic E-state index is 0. The number of rotatable bonds is 41. The van der Waals surface area contributed by atoms with Crippen LogP contribution in [-0.2, 0) is 176 Å². The van der Waals surface area contributed by atoms with Gasteiger partial charge in [-0.15, -0.1) is 6.58 Å². The molecule has 2 fully saturated rings. The summed E-state index contributed by atoms with van der Waals surface area (Å²) in [4.78, 5) is 201. The lowest BCUT2D eigenvalue weighted by atomic mass is 9.26. The van der Waals surface area contributed by atoms with Gasteiger partial charge in [0.05, 0.1) is 27.9 Å². The highest BCUT2D eigenvalue weighted by molar-refractivity contribution is 6.62. The average molecular weight is 1910 g/mol. The van der Waals surface area contributed by atoms with Gasteiger partial charge in [-0.05, 0) is 84.5 Å². The van der Waals surface area contributed by atoms with Crippen LogP contribution < -0.4 is 0 Å². The number of aliphatic hydroxyl groups excluding tert-OH is 1. The van der Waals surface area contributed by atoms with Gasteiger partial charge in [0.1, 0.15) is 57.6 Å². The van der Waals surface area contributed by atoms with E-state index in [0.717, 1.165) is 56.9 Å². The third kappa shape index (κ3) is 37.6. The Bertz CT molecular complexity index is 4130. The molecule has 39 nitrogen and oxygen atoms in total. The van der Waals surface area contributed by atoms with E-state index in [2.05, 4.69) is 6.58 Å². The fourth-order valence-corrected chi connectivity index (χ4v) is 17.6. The molecule has 756 valence electrons. The Morgan fingerprint density at radius 3 is 0.851 bits per heavy atom. The summed E-state index contributed by atoms with van der Waals surface area (Å²) < 4.78 is 107. The van der Waals surface area contributed by atoms with Crippen molar-refractivity contribution < 1.29 is 186 Å². The van der Waals surface area contributed by atoms with Gasteiger partial charge in [0.15, 0.2) is 48.8 Å². The van der Waals surface area contributed by atoms with Gasteiger partial charge in [0.2, 0.25) is 23.0 Å². The van der Waals surface area contributed by atoms with E-state index in [0.29, 0.717) is 48.8 Å². The minimum atomic E-state index is -1.29. The van der Waals surface area contributed by atoms with Crippen molar-refractivity contribution in [3.63, 3.8) is 0 Å². The van der Waals surface area contributed by atoms with Gasteiger partial charge in [-0.25, -0.2) is 19.2 Å². The summed E-state index contributed by atoms with van der Waals surface area (Å²) >= 11 is 0. The third-order valence-corrected chi connectivity index (χ3v) is 24.3. The molecule has 0 radical (unpaired) electrons. The summed E-state index contributed by atoms with van der Waals surface area (Å²) in [6, 6.07) is 0. The number of carboxylic acids is 1. The van der Waals surface area contributed by atoms with Crippen molar-refractivity contribution in [3.05, 3.63) is 58.0 Å². The molecule has 0 spiro atoms. The first kappa shape index (κ1) is 119. The molecule has 0 aromatic heterocycles. The number of hydrogen-bond acceptors (Lipinski definition) is 38. The fourth-order valence-electron chi connectivity index (χ4n) is 17.6. The van der Waals surface area contributed by atoms with E-state index in [1.807, 2.05) is 48.5 Å². The number of aliphatic hydroxyl groups is 1. The third-order valence-electron chi connectivity index (χ3n) is 24.3. The van der Waals surface area contributed by atoms with Crippen molar-refractivity contribution in [2.45, 2.75) is 327 Å². The molecule has 40 heteroatoms. The van der Waals surface area contributed by atoms with Crippen LogP contribution in [0.2, 0.25) is 18.0 Å². The van der Waals surface area contributed by atoms with Crippen LogP contribution in [0.3, 0.4) is 0 Å². The molecule has 6 rings (SSSR count). The normalized spacial score (nSPS) is 23.9. The van der Waals surface area contributed by atoms with Crippen LogP contribution in [0.1, 0.15) is 236 Å². The van der Waals surface area contributed by atoms with Crippen molar-refractivity contribution in [2.24, 2.45) is 47.3 Å². The Hall–Kier alpha value is -11.1. The second kappa shape index (κ2) is 58.9. The maximum absolute atomic E-state index is 12.9. The number of carbonyl (C=O) groups excluding carboxylic acids is 16. The Morgan fingerprint density at radius 2 is 0.604 bits per heavy atom. The summed E-state index contributed by atoms with van der Waals surface area (Å²) in [5, 5.41) is 18.8. The van der Waals surface area contributed by atoms with Crippen molar-refractivity contribution in [1.82, 2.24) is 0 Å². The zero-order chi connectivity index (χ0) is 101. The lowest BCUT2D eigenvalue weighted by Crippen LogP contribution is -2.52. The summed E-state index contributed by atoms with van der Waals surface area (Å²) in [6.07, 6.45) is 1.64. The number of esters is 16. The first-order valence-corrected chi connectivity index (χ1v) is 44.8. The molecule has 0 aromatic rings. The molecule has 6 aliphatic rings. The lowest BCUT2D eigenvalue weighted by Gasteiger charge is -2.42. The Labute approximate surface area is 785 Å². The predicted octanol–water partition coefficient (Wildman–Crippen LogP) is 10.7. The fraction of sp³-hybridized carbons (Fsp3) is 0.713. The molecular weight excluding hydrogens is 1760 g/mol. The summed E-state index contributed by atoms with van der Waals surface area (Å²) in [5.74, 6) is -11.9. The standard InChI is InChI=1S/C29H45BO9.C23H34O11.C21H30O9.C20H30O10.CH4/c1-17-18(2)26(28(38-21(5)33)25(37-20(4)32)16-36-19(3)31)39-27(29(34)35-6)24(17)14-9-15-30-22-10-7-11-23(30)13-8-12-22;1-12-13(2)20(22(33-17(6)27)19(32-16(5)26)11-31-15(4)25)34-21(23(28)29-7)18(12)9-8-10-30-14(3)24;1-8-9-16-11(2)12(3)18(30-19(16)21(25)26-7)20(29-15(6)24)17(28-14(5)23)10-27-13(4)22;1-10-11(2)17(30-18(20(25)26)15(10)7-6-8-21)19(29-14(5)24)16(28-13(4)23)9-27-12(3)22;/h17-18,22-23,25-26,28H,7-16H2,1-6H3;12-13,19-20,22H,8-11H2,1-7H3;8,11-12,17-18,20H,1,9-10H2,2-7H3;10-11,16-17,19,21H,6-9H2,1-5H3,(H,25,26);1H4/t17-,18-,22?,23?,25-,26-,28-;12-,13-,19-,20-,22-;11-,12-,17-,18-,20-;10-,11-,16-,17-,19-;/m1111./s1. The highest BCUT2D eigenvalue weighted by atomic mass is 16.7. The number of fused-ring (bicyclic) bond motifs is 2. The number of methoxy groups -OCH3 is 3. The highest BCUT2D eigenvalue weighted by Crippen LogP contribution is 2.50. The summed E-state index contributed by atoms with van der Waals surface area (Å²) in [5.41, 5.74) is 2.79. The molecule has 2 bridgehead atoms. The van der Waals surface area contributed by atoms with Gasteiger partial charge in [-0.1, -0.05) is 132 Å². The van der Waals surface area contributed by atoms with Crippen LogP contribution in [-0.4, -0.2) is 253 Å². The Morgan fingerprint density at radius 1 is 0.358 bits per heavy atom. The molecule has 134 heavy (non-hydrogen) atoms. The predicted molar refractivity (Wildman–Crippen MR) is 474 cm³/mol. The van der Waals surface area contributed by atoms with Gasteiger partial charge in [0, 0.05) is 120 Å². The molecular formula is C94H143BO39. The number of ether oxygens (including phenoxy) is 20. The van der Waals surface area contributed by atoms with Crippen LogP contribution in [0.5, 0.6) is 0 Å². The van der Waals surface area contributed by atoms with Crippen LogP contribution in [0.4, 0.5) is 0 Å². The van der Waals surface area contributed by atoms with Gasteiger partial charge in [0.25, 0.3) is 0 Å². The Kier molecular flexibility index (Phi) is 52.3. The van der Waals surface area contributed by atoms with E-state index >= 15 is 0 Å². The second-order valence-electron chi connectivity index (χ2n) is 33.9. The van der Waals surface area contributed by atoms with E-state index in [1.165, 1.54) is 136 Å². The molecule has 2 N–H and O–H groups in total. The van der Waals surface area contributed by atoms with Crippen LogP contribution >= 0.6 is 0 Å². The van der Waals surface area contributed by atoms with Crippen molar-refractivity contribution in [3.8, 4) is 0 Å². The van der Waals surface area contributed by atoms with Crippen LogP contribution in [0.15, 0.2) is 58.0 Å². The maximum atomic E-state index is 12.9. The van der Waals surface area contributed by atoms with Crippen molar-refractivity contribution in [2.75, 3.05) is 61.0 Å². The van der Waals surface area contributed by atoms with Crippen molar-refractivity contribution >= 4 is 108 Å². The SMILES string of the molecule is C.C=CCC1=C(C(=O)OC)O[C@@H]([C@H](OC(C)=O)[C@@H](COC(C)=O)OC(C)=O)[C@H](C)[C@H]1C.CC(=O)OC[C@@H](OC(C)=O)[C@@H](OC(C)=O)[C@@H]1OC(C(=O)O)=C(CCCO)[C@H](C)[C@H]1C.COC(=O)C1=C(CCCB2C3CCCC2CCC3)[C@H](C)[C@@H](C)[C@H]([C@H](OC(C)=O)[C@@H](COC(C)=O)OC(C)=O)O1.COC(=O)C1=C(CCCOC(C)=O)[C@H](C)[C@@H](C)[C@H]([C@H](OC(C)=O)[C@@H](COC(C)=O)OC(C)=O)O1. The molecule has 20 atom stereocenters. The summed E-state index contributed by atoms with van der Waals surface area (Å²) in [7, 11) is 3.75. The first-order valence-electron chi connectivity index (χ1n) is 44.8. The number of carbonyl (C=O) groups is 17. The Balaban J connectivity index is 0.000000607. The molecule has 0 saturated carbocycles. The lowest BCUT2D eigenvalue weighted by molar-refractivity contribution is -0.191. The first-order chi connectivity index (χ1) is 62.4. The molecule has 0 unspecified atom stereocenters. The minimum Gasteiger partial charge on any atom is -0.479 e. The maximum Gasteiger partial charge on any atom is 0.373 e. The van der Waals surface area contributed by atoms with E-state index in [-0.39, 0.29) is 111 Å². The average Bonchev–Trinajstić information content (AvgIpc) is 0.789. The van der Waals surface area contributed by atoms with E-state index in [1.54, 1.807) is 13.0 Å². The number of aliphatic carboxylic acids is 1. The molecule has 6 heterocycles. The van der Waals surface area contributed by atoms with Gasteiger partial charge in [-0.2, -0.15) is 0 Å². The highest BCUT2D eigenvalue weighted by Gasteiger charge is 2.53. The quantitative estimate of drug-likeness (QED) is 0.0189. The number of allylic oxidation sites excluding steroid dienone is 5. The largest absolute Gasteiger partial charge is 0.479 e. The molecule has 0 aromatic carbocycles. The monoisotopic (exact) mass is 1910 g/mol. The molecule has 6 aliphatic heterocycles. The van der Waals surface area contributed by atoms with E-state index in [4.69, 9.17) is 99.8 Å². The van der Waals surface area contributed by atoms with Crippen LogP contribution in [0.25, 0.3) is 0 Å². The summed E-state index contributed by atoms with van der Waals surface area (Å²) in [6.45, 7) is 33.8. The van der Waals surface area contributed by atoms with Crippen molar-refractivity contribution in [1.29, 1.82) is 0 Å². The second-order valence-corrected chi connectivity index (χ2v) is 33.9. The topological polar surface area (TPSA) is 515 Å². The smallest absolute Gasteiger partial charge is 0.373 e. The number of hydrogen-bond donors (Lipinski definition) is 2.